The molecule has 0 aromatic carbocycles. The molecule has 0 heterocycles. The Labute approximate surface area is 36.9 Å². The predicted molar refractivity (Wildman–Crippen MR) is 26.9 cm³/mol. The van der Waals surface area contributed by atoms with Gasteiger partial charge in [-0.1, -0.05) is 0 Å². The Kier molecular flexibility index (Phi) is 13.3. The Hall–Kier alpha value is -0.690. The molecule has 3 heteroatoms. The summed E-state index contributed by atoms with van der Waals surface area (Å²) in [4.78, 5) is 0. The van der Waals surface area contributed by atoms with Crippen LogP contribution in [0, 0.1) is 6.92 Å². The van der Waals surface area contributed by atoms with E-state index < -0.39 is 0 Å². The normalized spacial score (nSPS) is 7.00. The molecule has 0 aliphatic carbocycles. The van der Waals surface area contributed by atoms with Gasteiger partial charge in [0.05, 0.1) is 0 Å². The van der Waals surface area contributed by atoms with Crippen LogP contribution < -0.4 is 5.73 Å². The molecule has 0 saturated carbocycles. The van der Waals surface area contributed by atoms with Crippen molar-refractivity contribution in [3.05, 3.63) is 6.92 Å². The van der Waals surface area contributed by atoms with Gasteiger partial charge in [0.1, 0.15) is 0 Å². The van der Waals surface area contributed by atoms with E-state index in [1.165, 1.54) is 0 Å². The van der Waals surface area contributed by atoms with E-state index in [2.05, 4.69) is 6.92 Å². The Morgan fingerprint density at radius 1 is 1.67 bits per heavy atom. The van der Waals surface area contributed by atoms with Gasteiger partial charge in [0.2, 0.25) is 0 Å². The maximum Gasteiger partial charge on any atom is 0.0366 e. The molecule has 0 atom stereocenters. The van der Waals surface area contributed by atoms with Gasteiger partial charge in [-0.2, -0.15) is 11.8 Å². The molecule has 0 rings (SSSR count). The first-order valence-corrected chi connectivity index (χ1v) is 2.64. The monoisotopic (exact) mass is 357 g/mol. The molecule has 0 unspecified atom stereocenters. The molecule has 0 saturated heterocycles. The zero-order valence-corrected chi connectivity index (χ0v) is 11.0. The Bertz CT molecular complexity index is 18.3. The van der Waals surface area contributed by atoms with Gasteiger partial charge in [-0.15, -0.1) is 5.75 Å². The fraction of sp³-hybridized carbons (Fsp3) is 0.667. The largest absolute Gasteiger partial charge is 0.334 e. The minimum Gasteiger partial charge on any atom is -0.334 e. The van der Waals surface area contributed by atoms with Crippen molar-refractivity contribution in [2.75, 3.05) is 11.6 Å². The topological polar surface area (TPSA) is 26.0 Å². The van der Waals surface area contributed by atoms with Gasteiger partial charge < -0.3 is 12.7 Å². The third-order valence-electron chi connectivity index (χ3n) is 0.262. The van der Waals surface area contributed by atoms with Crippen molar-refractivity contribution in [1.82, 2.24) is 0 Å². The molecule has 6 heavy (non-hydrogen) atoms. The van der Waals surface area contributed by atoms with Gasteiger partial charge in [-0.05, 0) is 0 Å². The summed E-state index contributed by atoms with van der Waals surface area (Å²) in [6.07, 6.45) is 0. The molecule has 0 aliphatic heterocycles. The van der Waals surface area contributed by atoms with Crippen molar-refractivity contribution >= 4 is 11.8 Å². The molecule has 0 fully saturated rings. The van der Waals surface area contributed by atoms with Crippen LogP contribution in [-0.2, 0) is 0 Å². The first-order chi connectivity index (χ1) is 2.41. The van der Waals surface area contributed by atoms with Crippen molar-refractivity contribution in [2.45, 2.75) is 0 Å². The van der Waals surface area contributed by atoms with E-state index in [1.807, 2.05) is 0 Å². The molecule has 0 aromatic rings. The third-order valence-corrected chi connectivity index (χ3v) is 0.787. The van der Waals surface area contributed by atoms with Crippen molar-refractivity contribution in [2.24, 2.45) is 5.73 Å². The van der Waals surface area contributed by atoms with Crippen molar-refractivity contribution < 1.29 is 0 Å². The first kappa shape index (κ1) is 9.00. The van der Waals surface area contributed by atoms with Crippen molar-refractivity contribution in [3.63, 3.8) is 0 Å². The summed E-state index contributed by atoms with van der Waals surface area (Å²) in [6.45, 7) is 3.56. The fourth-order valence-corrected chi connectivity index (χ4v) is 0.250. The van der Waals surface area contributed by atoms with E-state index in [0.717, 1.165) is 5.75 Å². The van der Waals surface area contributed by atoms with Crippen LogP contribution in [0.2, 0.25) is 0 Å². The molecule has 0 bridgehead atoms. The summed E-state index contributed by atoms with van der Waals surface area (Å²) in [6, 6.07) is 0. The van der Waals surface area contributed by atoms with E-state index >= 15 is 0 Å². The van der Waals surface area contributed by atoms with Gasteiger partial charge in [0.15, 0.2) is 0 Å². The van der Waals surface area contributed by atoms with E-state index in [4.69, 9.17) is 5.73 Å². The van der Waals surface area contributed by atoms with Crippen LogP contribution in [0.15, 0.2) is 0 Å². The molecule has 0 amide bonds. The molecule has 0 radical (unpaired) electrons. The zero-order valence-electron chi connectivity index (χ0n) is 3.81. The van der Waals surface area contributed by atoms with E-state index in [-0.39, 0.29) is 0 Å². The number of thioether (sulfide) groups is 1. The number of nitrogens with two attached hydrogens (primary N) is 1. The Balaban J connectivity index is 0. The maximum absolute atomic E-state index is 5.06. The van der Waals surface area contributed by atoms with Crippen LogP contribution in [0.4, 0.5) is 0 Å². The van der Waals surface area contributed by atoms with Crippen LogP contribution >= 0.6 is 11.8 Å². The van der Waals surface area contributed by atoms with Gasteiger partial charge in [0.25, 0.3) is 0 Å². The van der Waals surface area contributed by atoms with E-state index in [0.29, 0.717) is 5.88 Å². The smallest absolute Gasteiger partial charge is 0.0366 e. The standard InChI is InChI=1S/C3H8NS.Rf/c1-2-5-3-4;/h1-4H2;/q-1;. The van der Waals surface area contributed by atoms with Crippen LogP contribution in [0.3, 0.4) is 0 Å². The van der Waals surface area contributed by atoms with E-state index in [9.17, 15) is 0 Å². The molecular formula is C3H8NRfS-. The number of hydrogen-bond acceptors (Lipinski definition) is 2. The number of hydrogen-bond donors (Lipinski definition) is 1. The second-order valence-electron chi connectivity index (χ2n) is 0.575. The maximum atomic E-state index is 5.06. The van der Waals surface area contributed by atoms with Gasteiger partial charge >= 0.3 is 0 Å². The minimum absolute atomic E-state index is 0. The fourth-order valence-electron chi connectivity index (χ4n) is 0.0833. The average Bonchev–Trinajstić information content (AvgIpc) is 1.41. The third kappa shape index (κ3) is 10.3. The predicted octanol–water partition coefficient (Wildman–Crippen LogP) is 0.470. The molecular weight excluding hydrogens is 349 g/mol. The van der Waals surface area contributed by atoms with Crippen molar-refractivity contribution in [1.29, 1.82) is 0 Å². The van der Waals surface area contributed by atoms with Gasteiger partial charge in [-0.25, -0.2) is 0 Å². The van der Waals surface area contributed by atoms with Crippen LogP contribution in [0.25, 0.3) is 0 Å². The molecule has 2 N–H and O–H groups in total. The minimum atomic E-state index is 0. The van der Waals surface area contributed by atoms with Gasteiger partial charge in [-0.3, -0.25) is 0 Å². The quantitative estimate of drug-likeness (QED) is 0.575. The van der Waals surface area contributed by atoms with Crippen LogP contribution in [0.5, 0.6) is 0 Å². The van der Waals surface area contributed by atoms with Gasteiger partial charge in [0, 0.05) is 5.88 Å². The SMILES string of the molecule is [CH2-]CSCN.[Rf]. The Morgan fingerprint density at radius 3 is 2.17 bits per heavy atom. The van der Waals surface area contributed by atoms with E-state index in [1.54, 1.807) is 11.8 Å². The molecule has 0 spiro atoms. The second-order valence-corrected chi connectivity index (χ2v) is 1.72. The number of rotatable bonds is 2. The Morgan fingerprint density at radius 2 is 2.17 bits per heavy atom. The molecule has 1 nitrogen and oxygen atoms in total. The summed E-state index contributed by atoms with van der Waals surface area (Å²) < 4.78 is 0. The first-order valence-electron chi connectivity index (χ1n) is 1.49. The summed E-state index contributed by atoms with van der Waals surface area (Å²) in [5, 5.41) is 0. The molecule has 0 aliphatic rings. The summed E-state index contributed by atoms with van der Waals surface area (Å²) in [5.41, 5.74) is 5.06. The molecule has 0 aromatic heterocycles. The van der Waals surface area contributed by atoms with Crippen molar-refractivity contribution in [3.8, 4) is 0 Å². The zero-order chi connectivity index (χ0) is 4.12. The summed E-state index contributed by atoms with van der Waals surface area (Å²) >= 11 is 1.63. The van der Waals surface area contributed by atoms with Crippen LogP contribution in [-0.4, -0.2) is 11.6 Å². The summed E-state index contributed by atoms with van der Waals surface area (Å²) in [5.74, 6) is 1.58. The van der Waals surface area contributed by atoms with Crippen LogP contribution in [0.1, 0.15) is 0 Å². The average molecular weight is 357 g/mol. The summed E-state index contributed by atoms with van der Waals surface area (Å²) in [7, 11) is 0. The second kappa shape index (κ2) is 8.85. The molecule has 34 valence electrons.